The zero-order valence-corrected chi connectivity index (χ0v) is 66.4. The Morgan fingerprint density at radius 2 is 0.553 bits per heavy atom. The average molecular weight is 1470 g/mol. The van der Waals surface area contributed by atoms with E-state index in [-0.39, 0.29) is 15.7 Å². The third-order valence-electron chi connectivity index (χ3n) is 25.8. The highest BCUT2D eigenvalue weighted by atomic mass is 32.2. The minimum atomic E-state index is -3.53. The molecule has 0 aromatic heterocycles. The first-order valence-electron chi connectivity index (χ1n) is 39.7. The molecule has 19 atom stereocenters. The van der Waals surface area contributed by atoms with Gasteiger partial charge >= 0.3 is 30.4 Å². The van der Waals surface area contributed by atoms with Crippen LogP contribution in [0, 0.1) is 59.2 Å². The number of hydrogen-bond donors (Lipinski definition) is 3. The molecule has 19 unspecified atom stereocenters. The van der Waals surface area contributed by atoms with Crippen molar-refractivity contribution in [3.63, 3.8) is 0 Å². The van der Waals surface area contributed by atoms with Gasteiger partial charge in [-0.15, -0.1) is 0 Å². The van der Waals surface area contributed by atoms with Gasteiger partial charge in [0.25, 0.3) is 0 Å². The highest BCUT2D eigenvalue weighted by molar-refractivity contribution is 7.88. The lowest BCUT2D eigenvalue weighted by Crippen LogP contribution is -2.39. The van der Waals surface area contributed by atoms with Crippen molar-refractivity contribution in [1.82, 2.24) is 0 Å². The lowest BCUT2D eigenvalue weighted by atomic mass is 9.71. The lowest BCUT2D eigenvalue weighted by molar-refractivity contribution is 0.158. The molecule has 12 nitrogen and oxygen atoms in total. The van der Waals surface area contributed by atoms with Gasteiger partial charge in [-0.3, -0.25) is 0 Å². The minimum absolute atomic E-state index is 0.281. The molecule has 6 aromatic carbocycles. The average Bonchev–Trinajstić information content (AvgIpc) is 1.59. The summed E-state index contributed by atoms with van der Waals surface area (Å²) in [6.45, 7) is 26.1. The zero-order valence-electron chi connectivity index (χ0n) is 63.9. The van der Waals surface area contributed by atoms with Gasteiger partial charge in [0.15, 0.2) is 0 Å². The van der Waals surface area contributed by atoms with Crippen molar-refractivity contribution in [3.05, 3.63) is 179 Å². The van der Waals surface area contributed by atoms with Gasteiger partial charge in [-0.25, -0.2) is 0 Å². The van der Waals surface area contributed by atoms with E-state index in [1.165, 1.54) is 84.7 Å². The van der Waals surface area contributed by atoms with Gasteiger partial charge in [0.1, 0.15) is 50.2 Å². The number of phenols is 3. The largest absolute Gasteiger partial charge is 0.508 e. The lowest BCUT2D eigenvalue weighted by Gasteiger charge is -2.38. The Morgan fingerprint density at radius 3 is 0.825 bits per heavy atom. The summed E-state index contributed by atoms with van der Waals surface area (Å²) in [6.07, 6.45) is 23.6. The fourth-order valence-electron chi connectivity index (χ4n) is 18.4. The third-order valence-corrected chi connectivity index (χ3v) is 31.0. The summed E-state index contributed by atoms with van der Waals surface area (Å²) in [7, 11) is -10.5. The molecule has 8 fully saturated rings. The van der Waals surface area contributed by atoms with Gasteiger partial charge in [0.2, 0.25) is 0 Å². The standard InChI is InChI=1S/C21H30O3S.C20H28O3S.C17H24O3S.3C10H14O/c1-3-14(2)15-8-10-17(11-9-15)24-25(22,23)21-13-16-12-20(21)19-7-5-4-6-18(16)19;1-3-13(2)14-7-9-16(10-8-14)23-24(21,22)20-12-15-11-19(20)18-6-4-5-17(15)18;1-3-12(2)14-6-8-16(9-7-14)20-21(18,19)17-11-13-4-5-15(17)10-13;3*1-3-8(2)9-4-6-10(11)7-5-9/h8-11,14,16,18-21H,3-7,12-13H2,1-2H3;7-10,13,15,17-20H,3-6,11-12H2,1-2H3;6-9,12-13,15,17H,3-5,10-11H2,1-2H3;3*4-8,11H,3H2,1-2H3. The molecule has 0 amide bonds. The molecule has 8 saturated carbocycles. The van der Waals surface area contributed by atoms with Crippen LogP contribution in [0.3, 0.4) is 0 Å². The molecular formula is C88H124O12S3. The molecule has 0 radical (unpaired) electrons. The second-order valence-corrected chi connectivity index (χ2v) is 37.3. The fraction of sp³-hybridized carbons (Fsp3) is 0.591. The van der Waals surface area contributed by atoms with Crippen molar-refractivity contribution >= 4 is 30.4 Å². The summed E-state index contributed by atoms with van der Waals surface area (Å²) in [6, 6.07) is 45.0. The van der Waals surface area contributed by atoms with Crippen LogP contribution in [0.5, 0.6) is 34.5 Å². The molecular weight excluding hydrogens is 1350 g/mol. The summed E-state index contributed by atoms with van der Waals surface area (Å²) >= 11 is 0. The highest BCUT2D eigenvalue weighted by Crippen LogP contribution is 2.61. The summed E-state index contributed by atoms with van der Waals surface area (Å²) in [5.41, 5.74) is 7.58. The first kappa shape index (κ1) is 81.1. The molecule has 0 aliphatic heterocycles. The van der Waals surface area contributed by atoms with Gasteiger partial charge in [-0.2, -0.15) is 25.3 Å². The molecule has 0 heterocycles. The Balaban J connectivity index is 0.000000149. The molecule has 8 aliphatic rings. The van der Waals surface area contributed by atoms with Crippen molar-refractivity contribution in [3.8, 4) is 34.5 Å². The van der Waals surface area contributed by atoms with E-state index < -0.39 is 30.4 Å². The highest BCUT2D eigenvalue weighted by Gasteiger charge is 2.59. The van der Waals surface area contributed by atoms with Crippen molar-refractivity contribution < 1.29 is 53.1 Å². The SMILES string of the molecule is CCC(C)c1ccc(O)cc1.CCC(C)c1ccc(O)cc1.CCC(C)c1ccc(O)cc1.CCC(C)c1ccc(OS(=O)(=O)C2CC3CC2C2CCCC32)cc1.CCC(C)c1ccc(OS(=O)(=O)C2CC3CC2C2CCCCC32)cc1.CCC(C)c1ccc(OS(=O)(=O)C2CC3CCC2C3)cc1. The van der Waals surface area contributed by atoms with Crippen molar-refractivity contribution in [2.45, 2.75) is 269 Å². The van der Waals surface area contributed by atoms with Crippen LogP contribution in [-0.4, -0.2) is 56.3 Å². The molecule has 15 heteroatoms. The first-order chi connectivity index (χ1) is 49.2. The first-order valence-corrected chi connectivity index (χ1v) is 44.1. The van der Waals surface area contributed by atoms with Crippen LogP contribution in [0.25, 0.3) is 0 Å². The van der Waals surface area contributed by atoms with Gasteiger partial charge in [-0.1, -0.05) is 182 Å². The maximum absolute atomic E-state index is 12.9. The van der Waals surface area contributed by atoms with Crippen molar-refractivity contribution in [2.24, 2.45) is 59.2 Å². The van der Waals surface area contributed by atoms with Crippen molar-refractivity contribution in [1.29, 1.82) is 0 Å². The number of rotatable bonds is 21. The second kappa shape index (κ2) is 37.0. The van der Waals surface area contributed by atoms with E-state index in [0.717, 1.165) is 95.3 Å². The van der Waals surface area contributed by atoms with Crippen LogP contribution in [0.15, 0.2) is 146 Å². The van der Waals surface area contributed by atoms with Crippen LogP contribution in [-0.2, 0) is 30.4 Å². The van der Waals surface area contributed by atoms with Crippen LogP contribution in [0.1, 0.15) is 287 Å². The van der Waals surface area contributed by atoms with E-state index in [4.69, 9.17) is 27.9 Å². The van der Waals surface area contributed by atoms with Crippen molar-refractivity contribution in [2.75, 3.05) is 0 Å². The van der Waals surface area contributed by atoms with Crippen LogP contribution < -0.4 is 12.5 Å². The van der Waals surface area contributed by atoms with E-state index >= 15 is 0 Å². The molecule has 14 rings (SSSR count). The molecule has 0 spiro atoms. The summed E-state index contributed by atoms with van der Waals surface area (Å²) in [4.78, 5) is 0. The zero-order chi connectivity index (χ0) is 74.3. The van der Waals surface area contributed by atoms with E-state index in [0.29, 0.717) is 117 Å². The molecule has 6 aromatic rings. The fourth-order valence-corrected chi connectivity index (χ4v) is 23.5. The maximum atomic E-state index is 12.9. The number of benzene rings is 6. The Bertz CT molecular complexity index is 3780. The Morgan fingerprint density at radius 1 is 0.291 bits per heavy atom. The quantitative estimate of drug-likeness (QED) is 0.0579. The molecule has 103 heavy (non-hydrogen) atoms. The second-order valence-electron chi connectivity index (χ2n) is 32.0. The topological polar surface area (TPSA) is 191 Å². The Kier molecular flexibility index (Phi) is 29.1. The van der Waals surface area contributed by atoms with Gasteiger partial charge in [0, 0.05) is 0 Å². The summed E-state index contributed by atoms with van der Waals surface area (Å²) < 4.78 is 92.9. The minimum Gasteiger partial charge on any atom is -0.508 e. The van der Waals surface area contributed by atoms with Gasteiger partial charge in [-0.05, 0) is 310 Å². The van der Waals surface area contributed by atoms with Crippen LogP contribution in [0.4, 0.5) is 0 Å². The number of aromatic hydroxyl groups is 3. The smallest absolute Gasteiger partial charge is 0.312 e. The molecule has 6 bridgehead atoms. The number of fused-ring (bicyclic) bond motifs is 12. The summed E-state index contributed by atoms with van der Waals surface area (Å²) in [5.74, 6) is 11.4. The molecule has 8 aliphatic carbocycles. The van der Waals surface area contributed by atoms with E-state index in [2.05, 4.69) is 83.1 Å². The Hall–Kier alpha value is -6.03. The summed E-state index contributed by atoms with van der Waals surface area (Å²) in [5, 5.41) is 26.2. The third kappa shape index (κ3) is 21.0. The monoisotopic (exact) mass is 1470 g/mol. The number of hydrogen-bond acceptors (Lipinski definition) is 12. The van der Waals surface area contributed by atoms with E-state index in [1.807, 2.05) is 97.1 Å². The normalized spacial score (nSPS) is 27.1. The maximum Gasteiger partial charge on any atom is 0.312 e. The van der Waals surface area contributed by atoms with E-state index in [1.54, 1.807) is 48.5 Å². The van der Waals surface area contributed by atoms with Crippen LogP contribution in [0.2, 0.25) is 0 Å². The van der Waals surface area contributed by atoms with Gasteiger partial charge < -0.3 is 27.9 Å². The molecule has 566 valence electrons. The predicted octanol–water partition coefficient (Wildman–Crippen LogP) is 22.7. The number of phenolic OH excluding ortho intramolecular Hbond substituents is 3. The van der Waals surface area contributed by atoms with Crippen LogP contribution >= 0.6 is 0 Å². The van der Waals surface area contributed by atoms with E-state index in [9.17, 15) is 25.3 Å². The predicted molar refractivity (Wildman–Crippen MR) is 420 cm³/mol. The molecule has 3 N–H and O–H groups in total. The molecule has 0 saturated heterocycles. The van der Waals surface area contributed by atoms with Gasteiger partial charge in [0.05, 0.1) is 0 Å². The Labute approximate surface area is 621 Å².